The van der Waals surface area contributed by atoms with Crippen molar-refractivity contribution in [1.82, 2.24) is 0 Å². The molecule has 0 radical (unpaired) electrons. The van der Waals surface area contributed by atoms with Crippen molar-refractivity contribution >= 4 is 5.78 Å². The number of rotatable bonds is 3. The minimum atomic E-state index is -0.0220. The van der Waals surface area contributed by atoms with Crippen LogP contribution in [0.1, 0.15) is 10.6 Å². The average molecular weight is 268 g/mol. The number of carbonyl (C=O) groups excluding carboxylic acids is 1. The van der Waals surface area contributed by atoms with Crippen LogP contribution >= 0.6 is 0 Å². The van der Waals surface area contributed by atoms with Gasteiger partial charge in [0.1, 0.15) is 0 Å². The van der Waals surface area contributed by atoms with E-state index in [2.05, 4.69) is 0 Å². The highest BCUT2D eigenvalue weighted by Gasteiger charge is 2.13. The minimum absolute atomic E-state index is 0. The van der Waals surface area contributed by atoms with Crippen LogP contribution in [0, 0.1) is 0 Å². The molecule has 0 unspecified atom stereocenters. The van der Waals surface area contributed by atoms with E-state index in [1.165, 1.54) is 6.26 Å². The molecule has 0 saturated heterocycles. The van der Waals surface area contributed by atoms with Gasteiger partial charge in [0.2, 0.25) is 6.54 Å². The van der Waals surface area contributed by atoms with Crippen LogP contribution < -0.4 is 21.5 Å². The van der Waals surface area contributed by atoms with Gasteiger partial charge in [0.25, 0.3) is 5.78 Å². The van der Waals surface area contributed by atoms with E-state index in [1.807, 2.05) is 35.2 Å². The number of ketones is 1. The molecule has 0 aliphatic rings. The van der Waals surface area contributed by atoms with Gasteiger partial charge >= 0.3 is 0 Å². The van der Waals surface area contributed by atoms with Gasteiger partial charge in [0.15, 0.2) is 18.2 Å². The van der Waals surface area contributed by atoms with Gasteiger partial charge < -0.3 is 21.4 Å². The summed E-state index contributed by atoms with van der Waals surface area (Å²) in [7, 11) is 0. The number of pyridine rings is 1. The van der Waals surface area contributed by atoms with Crippen LogP contribution in [-0.4, -0.2) is 5.78 Å². The summed E-state index contributed by atoms with van der Waals surface area (Å²) in [4.78, 5) is 11.6. The Morgan fingerprint density at radius 2 is 1.93 bits per heavy atom. The Morgan fingerprint density at radius 1 is 1.20 bits per heavy atom. The Hall–Kier alpha value is -1.42. The molecule has 0 N–H and O–H groups in total. The normalized spacial score (nSPS) is 9.33. The average Bonchev–Trinajstić information content (AvgIpc) is 2.72. The number of nitrogens with zero attached hydrogens (tertiary/aromatic N) is 1. The maximum absolute atomic E-state index is 11.6. The fourth-order valence-electron chi connectivity index (χ4n) is 1.22. The van der Waals surface area contributed by atoms with E-state index >= 15 is 0 Å². The van der Waals surface area contributed by atoms with Crippen molar-refractivity contribution in [2.75, 3.05) is 0 Å². The summed E-state index contributed by atoms with van der Waals surface area (Å²) in [5.74, 6) is 0.382. The maximum atomic E-state index is 11.6. The SMILES string of the molecule is O=C(C[n+]1ccccc1)c1ccco1.[Br-]. The molecule has 0 aliphatic carbocycles. The number of Topliss-reactive ketones (excluding diaryl/α,β-unsaturated/α-hetero) is 1. The summed E-state index contributed by atoms with van der Waals surface area (Å²) in [5, 5.41) is 0. The lowest BCUT2D eigenvalue weighted by Gasteiger charge is -1.92. The molecule has 0 fully saturated rings. The number of halogens is 1. The fourth-order valence-corrected chi connectivity index (χ4v) is 1.22. The molecule has 78 valence electrons. The van der Waals surface area contributed by atoms with Crippen LogP contribution in [0.25, 0.3) is 0 Å². The van der Waals surface area contributed by atoms with Gasteiger partial charge in [0.05, 0.1) is 6.26 Å². The topological polar surface area (TPSA) is 34.1 Å². The van der Waals surface area contributed by atoms with Crippen molar-refractivity contribution in [2.45, 2.75) is 6.54 Å². The summed E-state index contributed by atoms with van der Waals surface area (Å²) in [6.07, 6.45) is 5.20. The third kappa shape index (κ3) is 3.02. The first kappa shape index (κ1) is 11.7. The molecule has 0 atom stereocenters. The second-order valence-corrected chi connectivity index (χ2v) is 2.95. The van der Waals surface area contributed by atoms with E-state index in [-0.39, 0.29) is 22.8 Å². The van der Waals surface area contributed by atoms with E-state index in [4.69, 9.17) is 4.42 Å². The molecule has 2 heterocycles. The highest BCUT2D eigenvalue weighted by atomic mass is 79.9. The molecule has 2 aromatic rings. The smallest absolute Gasteiger partial charge is 0.262 e. The molecule has 0 amide bonds. The minimum Gasteiger partial charge on any atom is -1.00 e. The first-order chi connectivity index (χ1) is 6.86. The second-order valence-electron chi connectivity index (χ2n) is 2.95. The summed E-state index contributed by atoms with van der Waals surface area (Å²) in [6, 6.07) is 9.06. The molecule has 3 nitrogen and oxygen atoms in total. The number of furan rings is 1. The molecule has 0 bridgehead atoms. The van der Waals surface area contributed by atoms with Gasteiger partial charge in [-0.2, -0.15) is 4.57 Å². The zero-order valence-electron chi connectivity index (χ0n) is 7.97. The lowest BCUT2D eigenvalue weighted by Crippen LogP contribution is -3.00. The standard InChI is InChI=1S/C11H10NO2.BrH/c13-10(11-5-4-8-14-11)9-12-6-2-1-3-7-12;/h1-8H,9H2;1H/q+1;/p-1. The first-order valence-corrected chi connectivity index (χ1v) is 4.37. The number of aromatic nitrogens is 1. The van der Waals surface area contributed by atoms with Crippen molar-refractivity contribution in [3.8, 4) is 0 Å². The Morgan fingerprint density at radius 3 is 2.53 bits per heavy atom. The molecule has 0 saturated carbocycles. The van der Waals surface area contributed by atoms with Crippen molar-refractivity contribution in [3.05, 3.63) is 54.7 Å². The quantitative estimate of drug-likeness (QED) is 0.499. The van der Waals surface area contributed by atoms with Crippen LogP contribution in [0.5, 0.6) is 0 Å². The summed E-state index contributed by atoms with van der Waals surface area (Å²) in [6.45, 7) is 0.314. The molecule has 0 aromatic carbocycles. The first-order valence-electron chi connectivity index (χ1n) is 4.37. The zero-order valence-corrected chi connectivity index (χ0v) is 9.55. The van der Waals surface area contributed by atoms with Crippen LogP contribution in [0.15, 0.2) is 53.4 Å². The molecule has 2 aromatic heterocycles. The van der Waals surface area contributed by atoms with Gasteiger partial charge in [-0.15, -0.1) is 0 Å². The molecule has 2 rings (SSSR count). The molecular formula is C11H10BrNO2. The van der Waals surface area contributed by atoms with Gasteiger partial charge in [-0.1, -0.05) is 6.07 Å². The van der Waals surface area contributed by atoms with Gasteiger partial charge in [-0.05, 0) is 12.1 Å². The van der Waals surface area contributed by atoms with Crippen molar-refractivity contribution in [1.29, 1.82) is 0 Å². The largest absolute Gasteiger partial charge is 1.00 e. The monoisotopic (exact) mass is 267 g/mol. The van der Waals surface area contributed by atoms with Crippen molar-refractivity contribution < 1.29 is 30.8 Å². The van der Waals surface area contributed by atoms with E-state index < -0.39 is 0 Å². The van der Waals surface area contributed by atoms with E-state index in [0.717, 1.165) is 0 Å². The summed E-state index contributed by atoms with van der Waals surface area (Å²) < 4.78 is 6.81. The van der Waals surface area contributed by atoms with Crippen LogP contribution in [0.4, 0.5) is 0 Å². The highest BCUT2D eigenvalue weighted by molar-refractivity contribution is 5.92. The Labute approximate surface area is 98.1 Å². The van der Waals surface area contributed by atoms with Crippen molar-refractivity contribution in [2.24, 2.45) is 0 Å². The van der Waals surface area contributed by atoms with Gasteiger partial charge in [-0.25, -0.2) is 0 Å². The van der Waals surface area contributed by atoms with Gasteiger partial charge in [-0.3, -0.25) is 4.79 Å². The number of hydrogen-bond donors (Lipinski definition) is 0. The molecule has 0 aliphatic heterocycles. The molecular weight excluding hydrogens is 258 g/mol. The number of carbonyl (C=O) groups is 1. The Bertz CT molecular complexity index is 411. The predicted molar refractivity (Wildman–Crippen MR) is 49.7 cm³/mol. The zero-order chi connectivity index (χ0) is 9.80. The van der Waals surface area contributed by atoms with Crippen molar-refractivity contribution in [3.63, 3.8) is 0 Å². The van der Waals surface area contributed by atoms with Crippen LogP contribution in [-0.2, 0) is 6.54 Å². The Kier molecular flexibility index (Phi) is 4.24. The predicted octanol–water partition coefficient (Wildman–Crippen LogP) is -1.55. The van der Waals surface area contributed by atoms with Gasteiger partial charge in [0, 0.05) is 12.1 Å². The lowest BCUT2D eigenvalue weighted by molar-refractivity contribution is -0.683. The molecule has 15 heavy (non-hydrogen) atoms. The fraction of sp³-hybridized carbons (Fsp3) is 0.0909. The van der Waals surface area contributed by atoms with E-state index in [9.17, 15) is 4.79 Å². The van der Waals surface area contributed by atoms with E-state index in [0.29, 0.717) is 12.3 Å². The molecule has 0 spiro atoms. The third-order valence-electron chi connectivity index (χ3n) is 1.90. The lowest BCUT2D eigenvalue weighted by atomic mass is 10.3. The number of hydrogen-bond acceptors (Lipinski definition) is 2. The van der Waals surface area contributed by atoms with Crippen LogP contribution in [0.2, 0.25) is 0 Å². The summed E-state index contributed by atoms with van der Waals surface area (Å²) in [5.41, 5.74) is 0. The second kappa shape index (κ2) is 5.46. The third-order valence-corrected chi connectivity index (χ3v) is 1.90. The van der Waals surface area contributed by atoms with E-state index in [1.54, 1.807) is 12.1 Å². The maximum Gasteiger partial charge on any atom is 0.262 e. The Balaban J connectivity index is 0.00000112. The molecule has 4 heteroatoms. The highest BCUT2D eigenvalue weighted by Crippen LogP contribution is 2.00. The van der Waals surface area contributed by atoms with Crippen LogP contribution in [0.3, 0.4) is 0 Å². The summed E-state index contributed by atoms with van der Waals surface area (Å²) >= 11 is 0.